The summed E-state index contributed by atoms with van der Waals surface area (Å²) < 4.78 is 13.0. The number of benzene rings is 2. The van der Waals surface area contributed by atoms with Gasteiger partial charge in [0.2, 0.25) is 0 Å². The van der Waals surface area contributed by atoms with E-state index >= 15 is 0 Å². The Kier molecular flexibility index (Phi) is 5.98. The van der Waals surface area contributed by atoms with Crippen LogP contribution in [0.4, 0.5) is 0 Å². The number of ether oxygens (including phenoxy) is 2. The highest BCUT2D eigenvalue weighted by Gasteiger charge is 2.17. The molecule has 0 aliphatic carbocycles. The molecular formula is C23H22ClN3O3S. The maximum absolute atomic E-state index is 12.5. The molecule has 2 aromatic heterocycles. The Balaban J connectivity index is 1.45. The number of hydrogen-bond acceptors (Lipinski definition) is 6. The first-order valence-electron chi connectivity index (χ1n) is 9.73. The second-order valence-corrected chi connectivity index (χ2v) is 8.77. The van der Waals surface area contributed by atoms with Gasteiger partial charge in [0.1, 0.15) is 23.2 Å². The van der Waals surface area contributed by atoms with Crippen molar-refractivity contribution in [3.8, 4) is 16.3 Å². The van der Waals surface area contributed by atoms with Crippen LogP contribution in [0.5, 0.6) is 5.75 Å². The first-order valence-corrected chi connectivity index (χ1v) is 10.9. The van der Waals surface area contributed by atoms with Gasteiger partial charge in [-0.3, -0.25) is 4.79 Å². The predicted molar refractivity (Wildman–Crippen MR) is 123 cm³/mol. The molecule has 0 unspecified atom stereocenters. The first-order chi connectivity index (χ1) is 14.9. The first kappa shape index (κ1) is 21.3. The summed E-state index contributed by atoms with van der Waals surface area (Å²) in [5, 5.41) is 1.38. The maximum atomic E-state index is 12.5. The molecule has 0 atom stereocenters. The average Bonchev–Trinajstić information content (AvgIpc) is 3.24. The molecule has 8 heteroatoms. The fraction of sp³-hybridized carbons (Fsp3) is 0.261. The number of aryl methyl sites for hydroxylation is 3. The lowest BCUT2D eigenvalue weighted by molar-refractivity contribution is -0.144. The molecule has 6 nitrogen and oxygen atoms in total. The lowest BCUT2D eigenvalue weighted by Gasteiger charge is -2.06. The molecule has 0 bridgehead atoms. The molecule has 0 fully saturated rings. The number of imidazole rings is 1. The number of nitrogens with zero attached hydrogens (tertiary/aromatic N) is 3. The highest BCUT2D eigenvalue weighted by Crippen LogP contribution is 2.36. The number of methoxy groups -OCH3 is 1. The molecule has 4 aromatic rings. The van der Waals surface area contributed by atoms with E-state index in [-0.39, 0.29) is 19.0 Å². The van der Waals surface area contributed by atoms with Crippen LogP contribution < -0.4 is 4.74 Å². The smallest absolute Gasteiger partial charge is 0.311 e. The Labute approximate surface area is 189 Å². The Bertz CT molecular complexity index is 1280. The van der Waals surface area contributed by atoms with Crippen molar-refractivity contribution >= 4 is 39.9 Å². The maximum Gasteiger partial charge on any atom is 0.311 e. The van der Waals surface area contributed by atoms with Gasteiger partial charge in [0.25, 0.3) is 0 Å². The minimum atomic E-state index is -0.293. The van der Waals surface area contributed by atoms with Crippen molar-refractivity contribution in [1.29, 1.82) is 0 Å². The third kappa shape index (κ3) is 4.43. The third-order valence-electron chi connectivity index (χ3n) is 5.16. The summed E-state index contributed by atoms with van der Waals surface area (Å²) in [6, 6.07) is 11.3. The van der Waals surface area contributed by atoms with Gasteiger partial charge in [-0.15, -0.1) is 11.3 Å². The Hall–Kier alpha value is -2.90. The molecule has 4 rings (SSSR count). The number of fused-ring (bicyclic) bond motifs is 1. The molecule has 0 amide bonds. The molecule has 0 saturated heterocycles. The topological polar surface area (TPSA) is 66.2 Å². The summed E-state index contributed by atoms with van der Waals surface area (Å²) in [5.74, 6) is 1.30. The molecule has 2 aromatic carbocycles. The number of aromatic nitrogens is 3. The van der Waals surface area contributed by atoms with Crippen LogP contribution in [0, 0.1) is 13.8 Å². The molecule has 2 heterocycles. The zero-order valence-electron chi connectivity index (χ0n) is 17.7. The van der Waals surface area contributed by atoms with Crippen LogP contribution in [0.2, 0.25) is 5.02 Å². The zero-order valence-corrected chi connectivity index (χ0v) is 19.3. The zero-order chi connectivity index (χ0) is 22.1. The Morgan fingerprint density at radius 2 is 1.97 bits per heavy atom. The number of hydrogen-bond donors (Lipinski definition) is 0. The van der Waals surface area contributed by atoms with Gasteiger partial charge < -0.3 is 14.0 Å². The van der Waals surface area contributed by atoms with Crippen LogP contribution in [0.3, 0.4) is 0 Å². The van der Waals surface area contributed by atoms with Gasteiger partial charge in [-0.2, -0.15) is 0 Å². The van der Waals surface area contributed by atoms with Gasteiger partial charge in [0, 0.05) is 16.9 Å². The lowest BCUT2D eigenvalue weighted by Crippen LogP contribution is -2.07. The van der Waals surface area contributed by atoms with Gasteiger partial charge in [0.15, 0.2) is 0 Å². The van der Waals surface area contributed by atoms with E-state index in [4.69, 9.17) is 21.1 Å². The van der Waals surface area contributed by atoms with E-state index in [0.29, 0.717) is 10.8 Å². The van der Waals surface area contributed by atoms with Crippen molar-refractivity contribution in [3.63, 3.8) is 0 Å². The van der Waals surface area contributed by atoms with E-state index in [0.717, 1.165) is 43.6 Å². The molecule has 31 heavy (non-hydrogen) atoms. The monoisotopic (exact) mass is 455 g/mol. The van der Waals surface area contributed by atoms with Crippen LogP contribution >= 0.6 is 22.9 Å². The Morgan fingerprint density at radius 1 is 1.16 bits per heavy atom. The molecule has 160 valence electrons. The molecule has 0 N–H and O–H groups in total. The van der Waals surface area contributed by atoms with Crippen molar-refractivity contribution in [2.24, 2.45) is 7.05 Å². The van der Waals surface area contributed by atoms with Gasteiger partial charge >= 0.3 is 5.97 Å². The van der Waals surface area contributed by atoms with Crippen molar-refractivity contribution in [3.05, 3.63) is 63.4 Å². The third-order valence-corrected chi connectivity index (χ3v) is 6.59. The lowest BCUT2D eigenvalue weighted by atomic mass is 10.2. The SMILES string of the molecule is COc1cc(Cl)ccc1-c1nc(C)c(CC(=O)OCc2ccc3c(c2)nc(C)n3C)s1. The van der Waals surface area contributed by atoms with E-state index in [1.165, 1.54) is 11.3 Å². The van der Waals surface area contributed by atoms with Gasteiger partial charge in [-0.05, 0) is 49.7 Å². The summed E-state index contributed by atoms with van der Waals surface area (Å²) in [4.78, 5) is 22.5. The number of rotatable bonds is 6. The second-order valence-electron chi connectivity index (χ2n) is 7.25. The minimum Gasteiger partial charge on any atom is -0.496 e. The molecule has 0 aliphatic rings. The van der Waals surface area contributed by atoms with E-state index in [1.54, 1.807) is 19.2 Å². The van der Waals surface area contributed by atoms with Crippen LogP contribution in [-0.2, 0) is 29.6 Å². The standard InChI is InChI=1S/C23H22ClN3O3S/c1-13-21(31-23(25-13)17-7-6-16(24)10-20(17)29-4)11-22(28)30-12-15-5-8-19-18(9-15)26-14(2)27(19)3/h5-10H,11-12H2,1-4H3. The van der Waals surface area contributed by atoms with Gasteiger partial charge in [0.05, 0.1) is 35.8 Å². The number of esters is 1. The number of halogens is 1. The minimum absolute atomic E-state index is 0.171. The van der Waals surface area contributed by atoms with E-state index in [9.17, 15) is 4.79 Å². The van der Waals surface area contributed by atoms with E-state index in [1.807, 2.05) is 49.7 Å². The fourth-order valence-electron chi connectivity index (χ4n) is 3.35. The normalized spacial score (nSPS) is 11.1. The van der Waals surface area contributed by atoms with Crippen molar-refractivity contribution in [2.45, 2.75) is 26.9 Å². The Morgan fingerprint density at radius 3 is 2.74 bits per heavy atom. The molecule has 0 aliphatic heterocycles. The van der Waals surface area contributed by atoms with E-state index in [2.05, 4.69) is 9.97 Å². The molecular weight excluding hydrogens is 434 g/mol. The van der Waals surface area contributed by atoms with Crippen LogP contribution in [0.25, 0.3) is 21.6 Å². The predicted octanol–water partition coefficient (Wildman–Crippen LogP) is 5.26. The van der Waals surface area contributed by atoms with Crippen LogP contribution in [0.15, 0.2) is 36.4 Å². The summed E-state index contributed by atoms with van der Waals surface area (Å²) in [6.45, 7) is 4.06. The molecule has 0 spiro atoms. The van der Waals surface area contributed by atoms with Crippen LogP contribution in [-0.4, -0.2) is 27.6 Å². The van der Waals surface area contributed by atoms with Crippen LogP contribution in [0.1, 0.15) is 22.0 Å². The number of carbonyl (C=O) groups is 1. The second kappa shape index (κ2) is 8.69. The van der Waals surface area contributed by atoms with E-state index < -0.39 is 0 Å². The summed E-state index contributed by atoms with van der Waals surface area (Å²) in [7, 11) is 3.58. The largest absolute Gasteiger partial charge is 0.496 e. The van der Waals surface area contributed by atoms with Crippen molar-refractivity contribution < 1.29 is 14.3 Å². The van der Waals surface area contributed by atoms with Crippen molar-refractivity contribution in [1.82, 2.24) is 14.5 Å². The fourth-order valence-corrected chi connectivity index (χ4v) is 4.59. The summed E-state index contributed by atoms with van der Waals surface area (Å²) >= 11 is 7.51. The highest BCUT2D eigenvalue weighted by atomic mass is 35.5. The number of thiazole rings is 1. The summed E-state index contributed by atoms with van der Waals surface area (Å²) in [6.07, 6.45) is 0.171. The van der Waals surface area contributed by atoms with Crippen molar-refractivity contribution in [2.75, 3.05) is 7.11 Å². The molecule has 0 saturated carbocycles. The number of carbonyl (C=O) groups excluding carboxylic acids is 1. The van der Waals surface area contributed by atoms with Gasteiger partial charge in [-0.25, -0.2) is 9.97 Å². The average molecular weight is 456 g/mol. The van der Waals surface area contributed by atoms with Gasteiger partial charge in [-0.1, -0.05) is 17.7 Å². The molecule has 0 radical (unpaired) electrons. The summed E-state index contributed by atoms with van der Waals surface area (Å²) in [5.41, 5.74) is 4.51. The highest BCUT2D eigenvalue weighted by molar-refractivity contribution is 7.15. The quantitative estimate of drug-likeness (QED) is 0.371.